The average Bonchev–Trinajstić information content (AvgIpc) is 3.25. The van der Waals surface area contributed by atoms with Crippen molar-refractivity contribution >= 4 is 34.0 Å². The number of ether oxygens (including phenoxy) is 1. The summed E-state index contributed by atoms with van der Waals surface area (Å²) < 4.78 is 11.6. The molecule has 7 nitrogen and oxygen atoms in total. The molecule has 1 aromatic heterocycles. The van der Waals surface area contributed by atoms with Crippen LogP contribution in [-0.4, -0.2) is 24.1 Å². The summed E-state index contributed by atoms with van der Waals surface area (Å²) in [5.41, 5.74) is 6.06. The largest absolute Gasteiger partial charge is 0.492 e. The van der Waals surface area contributed by atoms with Gasteiger partial charge in [-0.1, -0.05) is 48.5 Å². The molecule has 0 atom stereocenters. The number of rotatable bonds is 6. The van der Waals surface area contributed by atoms with E-state index in [1.54, 1.807) is 12.1 Å². The van der Waals surface area contributed by atoms with E-state index >= 15 is 0 Å². The Balaban J connectivity index is 1.40. The first-order valence-corrected chi connectivity index (χ1v) is 12.1. The van der Waals surface area contributed by atoms with E-state index < -0.39 is 0 Å². The van der Waals surface area contributed by atoms with Crippen LogP contribution in [0.15, 0.2) is 76.2 Å². The third-order valence-electron chi connectivity index (χ3n) is 6.29. The number of furan rings is 1. The molecule has 4 aromatic rings. The summed E-state index contributed by atoms with van der Waals surface area (Å²) in [6.45, 7) is 4.23. The van der Waals surface area contributed by atoms with Crippen molar-refractivity contribution < 1.29 is 18.7 Å². The number of nitrogens with one attached hydrogen (secondary N) is 2. The lowest BCUT2D eigenvalue weighted by Crippen LogP contribution is -2.22. The number of hydrazone groups is 1. The van der Waals surface area contributed by atoms with Gasteiger partial charge >= 0.3 is 0 Å². The molecule has 1 heterocycles. The van der Waals surface area contributed by atoms with Gasteiger partial charge in [0.15, 0.2) is 5.76 Å². The molecule has 182 valence electrons. The number of para-hydroxylation sites is 2. The van der Waals surface area contributed by atoms with Gasteiger partial charge in [0, 0.05) is 23.1 Å². The summed E-state index contributed by atoms with van der Waals surface area (Å²) in [5.74, 6) is 0.911. The molecule has 0 aliphatic heterocycles. The standard InChI is InChI=1S/C29H27N3O4/c1-3-35-24-16-7-6-14-22(24)30-29(34)27-18(2)26-23(15-9-17-25(26)36-27)31-32-28(33)21-13-8-11-19-10-4-5-12-20(19)21/h4-8,10-14,16H,3,9,15,17H2,1-2H3,(H,30,34)(H,32,33)/b31-23+. The number of nitrogens with zero attached hydrogens (tertiary/aromatic N) is 1. The third-order valence-corrected chi connectivity index (χ3v) is 6.29. The summed E-state index contributed by atoms with van der Waals surface area (Å²) in [4.78, 5) is 26.1. The average molecular weight is 482 g/mol. The van der Waals surface area contributed by atoms with E-state index in [1.165, 1.54) is 0 Å². The number of fused-ring (bicyclic) bond motifs is 2. The van der Waals surface area contributed by atoms with Gasteiger partial charge in [0.05, 0.1) is 18.0 Å². The minimum atomic E-state index is -0.354. The summed E-state index contributed by atoms with van der Waals surface area (Å²) in [5, 5.41) is 9.23. The molecule has 2 N–H and O–H groups in total. The fourth-order valence-electron chi connectivity index (χ4n) is 4.63. The Labute approximate surface area is 209 Å². The summed E-state index contributed by atoms with van der Waals surface area (Å²) in [7, 11) is 0. The third kappa shape index (κ3) is 4.47. The van der Waals surface area contributed by atoms with Crippen molar-refractivity contribution in [2.45, 2.75) is 33.1 Å². The summed E-state index contributed by atoms with van der Waals surface area (Å²) in [6, 6.07) is 20.6. The zero-order valence-electron chi connectivity index (χ0n) is 20.3. The lowest BCUT2D eigenvalue weighted by Gasteiger charge is -2.14. The molecule has 1 aliphatic rings. The molecule has 0 saturated carbocycles. The number of amides is 2. The maximum absolute atomic E-state index is 13.1. The second kappa shape index (κ2) is 10.1. The van der Waals surface area contributed by atoms with E-state index in [9.17, 15) is 9.59 Å². The van der Waals surface area contributed by atoms with Crippen LogP contribution in [0.5, 0.6) is 5.75 Å². The van der Waals surface area contributed by atoms with Crippen molar-refractivity contribution in [3.63, 3.8) is 0 Å². The molecule has 0 spiro atoms. The lowest BCUT2D eigenvalue weighted by molar-refractivity contribution is 0.0955. The van der Waals surface area contributed by atoms with Gasteiger partial charge in [-0.05, 0) is 55.7 Å². The van der Waals surface area contributed by atoms with E-state index in [0.29, 0.717) is 53.5 Å². The van der Waals surface area contributed by atoms with Crippen LogP contribution in [0.3, 0.4) is 0 Å². The molecular weight excluding hydrogens is 454 g/mol. The Kier molecular flexibility index (Phi) is 6.54. The molecule has 36 heavy (non-hydrogen) atoms. The second-order valence-corrected chi connectivity index (χ2v) is 8.62. The molecule has 0 saturated heterocycles. The molecule has 3 aromatic carbocycles. The van der Waals surface area contributed by atoms with Gasteiger partial charge in [-0.15, -0.1) is 0 Å². The van der Waals surface area contributed by atoms with Crippen LogP contribution in [0.2, 0.25) is 0 Å². The monoisotopic (exact) mass is 481 g/mol. The van der Waals surface area contributed by atoms with Crippen molar-refractivity contribution in [1.29, 1.82) is 0 Å². The van der Waals surface area contributed by atoms with E-state index in [-0.39, 0.29) is 17.6 Å². The van der Waals surface area contributed by atoms with Crippen LogP contribution in [0, 0.1) is 6.92 Å². The smallest absolute Gasteiger partial charge is 0.291 e. The van der Waals surface area contributed by atoms with Gasteiger partial charge in [0.2, 0.25) is 0 Å². The van der Waals surface area contributed by atoms with Crippen molar-refractivity contribution in [1.82, 2.24) is 5.43 Å². The molecule has 0 unspecified atom stereocenters. The Morgan fingerprint density at radius 3 is 2.61 bits per heavy atom. The predicted octanol–water partition coefficient (Wildman–Crippen LogP) is 5.86. The van der Waals surface area contributed by atoms with Crippen molar-refractivity contribution in [3.05, 3.63) is 94.9 Å². The van der Waals surface area contributed by atoms with E-state index in [1.807, 2.05) is 68.4 Å². The zero-order valence-corrected chi connectivity index (χ0v) is 20.3. The van der Waals surface area contributed by atoms with Crippen LogP contribution in [0.25, 0.3) is 10.8 Å². The maximum atomic E-state index is 13.1. The van der Waals surface area contributed by atoms with E-state index in [2.05, 4.69) is 15.8 Å². The fourth-order valence-corrected chi connectivity index (χ4v) is 4.63. The van der Waals surface area contributed by atoms with Gasteiger partial charge in [-0.25, -0.2) is 5.43 Å². The first-order chi connectivity index (χ1) is 17.6. The van der Waals surface area contributed by atoms with E-state index in [4.69, 9.17) is 9.15 Å². The number of benzene rings is 3. The number of hydrogen-bond donors (Lipinski definition) is 2. The molecule has 7 heteroatoms. The minimum Gasteiger partial charge on any atom is -0.492 e. The second-order valence-electron chi connectivity index (χ2n) is 8.62. The van der Waals surface area contributed by atoms with Crippen LogP contribution in [0.1, 0.15) is 57.6 Å². The zero-order chi connectivity index (χ0) is 25.1. The van der Waals surface area contributed by atoms with Crippen LogP contribution in [0.4, 0.5) is 5.69 Å². The highest BCUT2D eigenvalue weighted by molar-refractivity contribution is 6.11. The molecule has 5 rings (SSSR count). The molecule has 1 aliphatic carbocycles. The quantitative estimate of drug-likeness (QED) is 0.337. The molecule has 2 amide bonds. The fraction of sp³-hybridized carbons (Fsp3) is 0.207. The normalized spacial score (nSPS) is 13.9. The molecular formula is C29H27N3O4. The van der Waals surface area contributed by atoms with Gasteiger partial charge in [0.1, 0.15) is 11.5 Å². The van der Waals surface area contributed by atoms with Crippen LogP contribution < -0.4 is 15.5 Å². The highest BCUT2D eigenvalue weighted by atomic mass is 16.5. The van der Waals surface area contributed by atoms with Crippen LogP contribution in [-0.2, 0) is 6.42 Å². The first-order valence-electron chi connectivity index (χ1n) is 12.1. The Bertz CT molecular complexity index is 1480. The lowest BCUT2D eigenvalue weighted by atomic mass is 9.93. The Morgan fingerprint density at radius 1 is 0.972 bits per heavy atom. The van der Waals surface area contributed by atoms with Gasteiger partial charge < -0.3 is 14.5 Å². The highest BCUT2D eigenvalue weighted by Gasteiger charge is 2.28. The number of carbonyl (C=O) groups excluding carboxylic acids is 2. The van der Waals surface area contributed by atoms with Gasteiger partial charge in [-0.3, -0.25) is 9.59 Å². The number of aryl methyl sites for hydroxylation is 1. The van der Waals surface area contributed by atoms with Gasteiger partial charge in [-0.2, -0.15) is 5.10 Å². The van der Waals surface area contributed by atoms with Crippen LogP contribution >= 0.6 is 0 Å². The maximum Gasteiger partial charge on any atom is 0.291 e. The van der Waals surface area contributed by atoms with E-state index in [0.717, 1.165) is 22.8 Å². The van der Waals surface area contributed by atoms with Crippen molar-refractivity contribution in [2.24, 2.45) is 5.10 Å². The van der Waals surface area contributed by atoms with Crippen molar-refractivity contribution in [3.8, 4) is 5.75 Å². The van der Waals surface area contributed by atoms with Gasteiger partial charge in [0.25, 0.3) is 11.8 Å². The Morgan fingerprint density at radius 2 is 1.75 bits per heavy atom. The number of carbonyl (C=O) groups is 2. The number of hydrogen-bond acceptors (Lipinski definition) is 5. The number of anilines is 1. The summed E-state index contributed by atoms with van der Waals surface area (Å²) >= 11 is 0. The highest BCUT2D eigenvalue weighted by Crippen LogP contribution is 2.31. The molecule has 0 fully saturated rings. The SMILES string of the molecule is CCOc1ccccc1NC(=O)c1oc2c(c1C)/C(=N/NC(=O)c1cccc3ccccc13)CCC2. The van der Waals surface area contributed by atoms with Crippen molar-refractivity contribution in [2.75, 3.05) is 11.9 Å². The molecule has 0 bridgehead atoms. The predicted molar refractivity (Wildman–Crippen MR) is 140 cm³/mol. The molecule has 0 radical (unpaired) electrons. The minimum absolute atomic E-state index is 0.237. The first kappa shape index (κ1) is 23.4. The Hall–Kier alpha value is -4.39. The summed E-state index contributed by atoms with van der Waals surface area (Å²) in [6.07, 6.45) is 2.20. The topological polar surface area (TPSA) is 92.9 Å².